The Labute approximate surface area is 172 Å². The molecule has 1 atom stereocenters. The van der Waals surface area contributed by atoms with Gasteiger partial charge in [0.05, 0.1) is 29.3 Å². The van der Waals surface area contributed by atoms with Gasteiger partial charge in [0.15, 0.2) is 0 Å². The number of nitrogens with zero attached hydrogens (tertiary/aromatic N) is 4. The van der Waals surface area contributed by atoms with E-state index in [4.69, 9.17) is 21.6 Å². The molecule has 5 rings (SSSR count). The fourth-order valence-electron chi connectivity index (χ4n) is 3.76. The molecule has 1 saturated heterocycles. The van der Waals surface area contributed by atoms with Gasteiger partial charge in [-0.25, -0.2) is 9.67 Å². The maximum Gasteiger partial charge on any atom is 0.288 e. The summed E-state index contributed by atoms with van der Waals surface area (Å²) in [5, 5.41) is 5.81. The van der Waals surface area contributed by atoms with Crippen molar-refractivity contribution in [3.8, 4) is 0 Å². The summed E-state index contributed by atoms with van der Waals surface area (Å²) in [6.45, 7) is 1.65. The Bertz CT molecular complexity index is 1110. The predicted octanol–water partition coefficient (Wildman–Crippen LogP) is 5.20. The molecule has 5 nitrogen and oxygen atoms in total. The lowest BCUT2D eigenvalue weighted by Gasteiger charge is -2.21. The van der Waals surface area contributed by atoms with E-state index in [2.05, 4.69) is 40.3 Å². The first-order chi connectivity index (χ1) is 13.8. The number of likely N-dealkylation sites (tertiary alicyclic amines) is 1. The Kier molecular flexibility index (Phi) is 4.80. The van der Waals surface area contributed by atoms with Crippen LogP contribution in [0.5, 0.6) is 0 Å². The van der Waals surface area contributed by atoms with Crippen molar-refractivity contribution in [2.45, 2.75) is 32.0 Å². The molecule has 0 saturated carbocycles. The van der Waals surface area contributed by atoms with Crippen molar-refractivity contribution in [2.24, 2.45) is 0 Å². The summed E-state index contributed by atoms with van der Waals surface area (Å²) in [5.41, 5.74) is 2.25. The topological polar surface area (TPSA) is 47.1 Å². The molecule has 2 aromatic heterocycles. The zero-order valence-corrected chi connectivity index (χ0v) is 17.0. The fraction of sp³-hybridized carbons (Fsp3) is 0.286. The molecule has 28 heavy (non-hydrogen) atoms. The molecule has 0 aliphatic carbocycles. The third-order valence-corrected chi connectivity index (χ3v) is 6.55. The standard InChI is InChI=1S/C21H20N4OS2/c27-21-25(23-19(26-21)13-15-7-2-1-3-8-15)14-24-12-6-10-17(24)20-22-16-9-4-5-11-18(16)28-20/h1-5,7-9,11,17H,6,10,12-14H2/t17-/m1/s1. The van der Waals surface area contributed by atoms with Gasteiger partial charge in [0, 0.05) is 6.54 Å². The molecule has 1 aliphatic rings. The van der Waals surface area contributed by atoms with Gasteiger partial charge in [-0.1, -0.05) is 42.5 Å². The van der Waals surface area contributed by atoms with Crippen molar-refractivity contribution >= 4 is 33.8 Å². The molecule has 1 fully saturated rings. The quantitative estimate of drug-likeness (QED) is 0.425. The first-order valence-electron chi connectivity index (χ1n) is 9.46. The fourth-order valence-corrected chi connectivity index (χ4v) is 5.09. The summed E-state index contributed by atoms with van der Waals surface area (Å²) >= 11 is 7.21. The monoisotopic (exact) mass is 408 g/mol. The lowest BCUT2D eigenvalue weighted by Crippen LogP contribution is -2.26. The third kappa shape index (κ3) is 3.53. The van der Waals surface area contributed by atoms with Crippen molar-refractivity contribution in [3.63, 3.8) is 0 Å². The highest BCUT2D eigenvalue weighted by Crippen LogP contribution is 2.36. The van der Waals surface area contributed by atoms with Gasteiger partial charge >= 0.3 is 0 Å². The average Bonchev–Trinajstić information content (AvgIpc) is 3.41. The number of hydrogen-bond acceptors (Lipinski definition) is 6. The molecule has 1 aliphatic heterocycles. The van der Waals surface area contributed by atoms with E-state index in [0.717, 1.165) is 24.9 Å². The number of aromatic nitrogens is 3. The molecule has 7 heteroatoms. The van der Waals surface area contributed by atoms with Crippen LogP contribution in [0.3, 0.4) is 0 Å². The second kappa shape index (κ2) is 7.58. The van der Waals surface area contributed by atoms with E-state index in [1.807, 2.05) is 24.3 Å². The van der Waals surface area contributed by atoms with Crippen LogP contribution in [0, 0.1) is 4.84 Å². The number of fused-ring (bicyclic) bond motifs is 1. The van der Waals surface area contributed by atoms with E-state index in [-0.39, 0.29) is 0 Å². The minimum Gasteiger partial charge on any atom is -0.414 e. The highest BCUT2D eigenvalue weighted by molar-refractivity contribution is 7.71. The smallest absolute Gasteiger partial charge is 0.288 e. The summed E-state index contributed by atoms with van der Waals surface area (Å²) < 4.78 is 8.79. The molecule has 142 valence electrons. The Morgan fingerprint density at radius 3 is 2.79 bits per heavy atom. The van der Waals surface area contributed by atoms with Crippen molar-refractivity contribution in [1.29, 1.82) is 0 Å². The minimum absolute atomic E-state index is 0.313. The van der Waals surface area contributed by atoms with E-state index in [1.54, 1.807) is 16.0 Å². The molecule has 0 amide bonds. The first-order valence-corrected chi connectivity index (χ1v) is 10.7. The molecular formula is C21H20N4OS2. The van der Waals surface area contributed by atoms with Crippen LogP contribution in [0.15, 0.2) is 59.0 Å². The zero-order valence-electron chi connectivity index (χ0n) is 15.3. The number of rotatable bonds is 5. The maximum atomic E-state index is 5.74. The highest BCUT2D eigenvalue weighted by atomic mass is 32.1. The van der Waals surface area contributed by atoms with Gasteiger partial charge in [0.2, 0.25) is 5.89 Å². The molecule has 0 bridgehead atoms. The molecule has 0 unspecified atom stereocenters. The van der Waals surface area contributed by atoms with Crippen molar-refractivity contribution in [3.05, 3.63) is 75.9 Å². The number of thiazole rings is 1. The Morgan fingerprint density at radius 1 is 1.11 bits per heavy atom. The largest absolute Gasteiger partial charge is 0.414 e. The number of hydrogen-bond donors (Lipinski definition) is 0. The second-order valence-electron chi connectivity index (χ2n) is 7.06. The van der Waals surface area contributed by atoms with Gasteiger partial charge in [-0.3, -0.25) is 4.90 Å². The van der Waals surface area contributed by atoms with E-state index in [1.165, 1.54) is 15.3 Å². The third-order valence-electron chi connectivity index (χ3n) is 5.12. The van der Waals surface area contributed by atoms with Crippen LogP contribution < -0.4 is 0 Å². The molecule has 2 aromatic carbocycles. The Balaban J connectivity index is 1.35. The van der Waals surface area contributed by atoms with E-state index in [9.17, 15) is 0 Å². The molecule has 0 N–H and O–H groups in total. The van der Waals surface area contributed by atoms with Crippen LogP contribution in [0.2, 0.25) is 0 Å². The summed E-state index contributed by atoms with van der Waals surface area (Å²) in [7, 11) is 0. The number of benzene rings is 2. The van der Waals surface area contributed by atoms with Gasteiger partial charge in [-0.15, -0.1) is 16.4 Å². The molecule has 0 spiro atoms. The Hall–Kier alpha value is -2.35. The summed E-state index contributed by atoms with van der Waals surface area (Å²) in [6.07, 6.45) is 2.92. The SMILES string of the molecule is S=c1oc(Cc2ccccc2)nn1CN1CCC[C@@H]1c1nc2ccccc2s1. The van der Waals surface area contributed by atoms with Crippen LogP contribution in [0.25, 0.3) is 10.2 Å². The lowest BCUT2D eigenvalue weighted by atomic mass is 10.2. The van der Waals surface area contributed by atoms with Crippen molar-refractivity contribution in [1.82, 2.24) is 19.7 Å². The minimum atomic E-state index is 0.313. The van der Waals surface area contributed by atoms with Crippen LogP contribution in [0.1, 0.15) is 35.3 Å². The normalized spacial score (nSPS) is 17.5. The summed E-state index contributed by atoms with van der Waals surface area (Å²) in [6, 6.07) is 18.8. The lowest BCUT2D eigenvalue weighted by molar-refractivity contribution is 0.187. The van der Waals surface area contributed by atoms with Crippen LogP contribution in [-0.2, 0) is 13.1 Å². The van der Waals surface area contributed by atoms with Crippen LogP contribution in [0.4, 0.5) is 0 Å². The van der Waals surface area contributed by atoms with Crippen molar-refractivity contribution < 1.29 is 4.42 Å². The molecule has 3 heterocycles. The van der Waals surface area contributed by atoms with Gasteiger partial charge < -0.3 is 4.42 Å². The summed E-state index contributed by atoms with van der Waals surface area (Å²) in [4.78, 5) is 7.70. The molecule has 0 radical (unpaired) electrons. The number of para-hydroxylation sites is 1. The maximum absolute atomic E-state index is 5.74. The van der Waals surface area contributed by atoms with Gasteiger partial charge in [0.1, 0.15) is 5.01 Å². The van der Waals surface area contributed by atoms with E-state index >= 15 is 0 Å². The van der Waals surface area contributed by atoms with Crippen molar-refractivity contribution in [2.75, 3.05) is 6.54 Å². The van der Waals surface area contributed by atoms with Crippen LogP contribution >= 0.6 is 23.6 Å². The molecule has 4 aromatic rings. The first kappa shape index (κ1) is 17.7. The van der Waals surface area contributed by atoms with Gasteiger partial charge in [0.25, 0.3) is 4.84 Å². The van der Waals surface area contributed by atoms with E-state index in [0.29, 0.717) is 29.9 Å². The average molecular weight is 409 g/mol. The van der Waals surface area contributed by atoms with Gasteiger partial charge in [-0.2, -0.15) is 0 Å². The Morgan fingerprint density at radius 2 is 1.93 bits per heavy atom. The highest BCUT2D eigenvalue weighted by Gasteiger charge is 2.29. The zero-order chi connectivity index (χ0) is 18.9. The molecular weight excluding hydrogens is 388 g/mol. The second-order valence-corrected chi connectivity index (χ2v) is 8.47. The van der Waals surface area contributed by atoms with Crippen LogP contribution in [-0.4, -0.2) is 26.2 Å². The van der Waals surface area contributed by atoms with Gasteiger partial charge in [-0.05, 0) is 42.8 Å². The predicted molar refractivity (Wildman–Crippen MR) is 113 cm³/mol. The van der Waals surface area contributed by atoms with E-state index < -0.39 is 0 Å². The summed E-state index contributed by atoms with van der Waals surface area (Å²) in [5.74, 6) is 0.659.